The molecule has 0 saturated carbocycles. The molecular formula is C29H46N2O7. The molecule has 1 rings (SSSR count). The maximum atomic E-state index is 12.1. The molecule has 1 saturated heterocycles. The molecule has 0 aromatic carbocycles. The van der Waals surface area contributed by atoms with E-state index in [1.54, 1.807) is 0 Å². The number of hydrogen-bond acceptors (Lipinski definition) is 7. The molecule has 0 aromatic heterocycles. The van der Waals surface area contributed by atoms with Crippen molar-refractivity contribution < 1.29 is 34.8 Å². The zero-order valence-electron chi connectivity index (χ0n) is 22.5. The number of rotatable bonds is 18. The number of carbonyl (C=O) groups excluding carboxylic acids is 2. The number of amides is 2. The van der Waals surface area contributed by atoms with Gasteiger partial charge in [-0.05, 0) is 44.9 Å². The van der Waals surface area contributed by atoms with Gasteiger partial charge in [0.05, 0.1) is 6.61 Å². The molecule has 1 aliphatic heterocycles. The van der Waals surface area contributed by atoms with Crippen molar-refractivity contribution in [2.75, 3.05) is 13.2 Å². The highest BCUT2D eigenvalue weighted by Gasteiger charge is 2.44. The molecule has 2 amide bonds. The van der Waals surface area contributed by atoms with Crippen LogP contribution >= 0.6 is 0 Å². The largest absolute Gasteiger partial charge is 0.394 e. The number of carbonyl (C=O) groups is 2. The van der Waals surface area contributed by atoms with Crippen molar-refractivity contribution in [3.8, 4) is 0 Å². The van der Waals surface area contributed by atoms with E-state index < -0.39 is 43.2 Å². The van der Waals surface area contributed by atoms with Crippen LogP contribution in [0.15, 0.2) is 60.8 Å². The van der Waals surface area contributed by atoms with Gasteiger partial charge in [0, 0.05) is 19.4 Å². The topological polar surface area (TPSA) is 148 Å². The predicted octanol–water partition coefficient (Wildman–Crippen LogP) is 2.33. The van der Waals surface area contributed by atoms with Gasteiger partial charge in [-0.15, -0.1) is 0 Å². The van der Waals surface area contributed by atoms with Crippen molar-refractivity contribution in [1.82, 2.24) is 10.6 Å². The Hall–Kier alpha value is -2.56. The molecule has 0 radical (unpaired) electrons. The fourth-order valence-corrected chi connectivity index (χ4v) is 3.66. The summed E-state index contributed by atoms with van der Waals surface area (Å²) in [7, 11) is 0. The fourth-order valence-electron chi connectivity index (χ4n) is 3.66. The second kappa shape index (κ2) is 21.4. The molecular weight excluding hydrogens is 488 g/mol. The SMILES string of the molecule is CC/C=C\C/C=C\C/C=C\C/C=C\C/C=C\CCCC(=O)NCCC(=O)N[C@H]1C(O)[C@H](O)C(CO)O[C@H]1O. The molecule has 5 atom stereocenters. The minimum atomic E-state index is -1.57. The second-order valence-electron chi connectivity index (χ2n) is 9.02. The lowest BCUT2D eigenvalue weighted by atomic mass is 9.97. The molecule has 38 heavy (non-hydrogen) atoms. The van der Waals surface area contributed by atoms with Crippen LogP contribution < -0.4 is 10.6 Å². The predicted molar refractivity (Wildman–Crippen MR) is 148 cm³/mol. The van der Waals surface area contributed by atoms with Crippen LogP contribution in [0.4, 0.5) is 0 Å². The third kappa shape index (κ3) is 15.0. The van der Waals surface area contributed by atoms with Crippen LogP contribution in [0.2, 0.25) is 0 Å². The second-order valence-corrected chi connectivity index (χ2v) is 9.02. The molecule has 1 aliphatic rings. The summed E-state index contributed by atoms with van der Waals surface area (Å²) in [4.78, 5) is 24.0. The Morgan fingerprint density at radius 1 is 0.763 bits per heavy atom. The minimum Gasteiger partial charge on any atom is -0.394 e. The van der Waals surface area contributed by atoms with E-state index in [1.807, 2.05) is 0 Å². The van der Waals surface area contributed by atoms with Gasteiger partial charge in [0.1, 0.15) is 24.4 Å². The molecule has 2 unspecified atom stereocenters. The third-order valence-corrected chi connectivity index (χ3v) is 5.83. The summed E-state index contributed by atoms with van der Waals surface area (Å²) in [5.74, 6) is -0.683. The highest BCUT2D eigenvalue weighted by Crippen LogP contribution is 2.19. The first-order valence-corrected chi connectivity index (χ1v) is 13.5. The first-order valence-electron chi connectivity index (χ1n) is 13.5. The Balaban J connectivity index is 2.06. The van der Waals surface area contributed by atoms with Crippen LogP contribution in [0.5, 0.6) is 0 Å². The Morgan fingerprint density at radius 2 is 1.32 bits per heavy atom. The van der Waals surface area contributed by atoms with Gasteiger partial charge in [-0.1, -0.05) is 67.7 Å². The first-order chi connectivity index (χ1) is 18.4. The molecule has 1 heterocycles. The van der Waals surface area contributed by atoms with E-state index in [0.717, 1.165) is 38.5 Å². The normalized spacial score (nSPS) is 24.4. The van der Waals surface area contributed by atoms with E-state index in [-0.39, 0.29) is 18.9 Å². The Labute approximate surface area is 226 Å². The van der Waals surface area contributed by atoms with Crippen LogP contribution in [0, 0.1) is 0 Å². The number of hydrogen-bond donors (Lipinski definition) is 6. The summed E-state index contributed by atoms with van der Waals surface area (Å²) < 4.78 is 4.99. The average molecular weight is 535 g/mol. The van der Waals surface area contributed by atoms with Crippen LogP contribution in [-0.4, -0.2) is 76.0 Å². The fraction of sp³-hybridized carbons (Fsp3) is 0.586. The van der Waals surface area contributed by atoms with E-state index in [1.165, 1.54) is 0 Å². The highest BCUT2D eigenvalue weighted by atomic mass is 16.6. The maximum absolute atomic E-state index is 12.1. The van der Waals surface area contributed by atoms with Gasteiger partial charge in [-0.25, -0.2) is 0 Å². The van der Waals surface area contributed by atoms with E-state index in [4.69, 9.17) is 9.84 Å². The summed E-state index contributed by atoms with van der Waals surface area (Å²) in [5.41, 5.74) is 0. The van der Waals surface area contributed by atoms with E-state index in [0.29, 0.717) is 12.8 Å². The van der Waals surface area contributed by atoms with Crippen LogP contribution in [0.1, 0.15) is 64.7 Å². The first kappa shape index (κ1) is 33.5. The van der Waals surface area contributed by atoms with Crippen LogP contribution in [0.3, 0.4) is 0 Å². The quantitative estimate of drug-likeness (QED) is 0.117. The van der Waals surface area contributed by atoms with Crippen molar-refractivity contribution in [2.45, 2.75) is 95.4 Å². The third-order valence-electron chi connectivity index (χ3n) is 5.83. The molecule has 0 bridgehead atoms. The molecule has 0 aliphatic carbocycles. The Kier molecular flexibility index (Phi) is 18.8. The number of nitrogens with one attached hydrogen (secondary N) is 2. The molecule has 0 aromatic rings. The van der Waals surface area contributed by atoms with Gasteiger partial charge in [-0.3, -0.25) is 9.59 Å². The summed E-state index contributed by atoms with van der Waals surface area (Å²) in [6.07, 6.45) is 22.3. The molecule has 0 spiro atoms. The number of aliphatic hydroxyl groups is 4. The summed E-state index contributed by atoms with van der Waals surface area (Å²) in [6, 6.07) is -1.24. The van der Waals surface area contributed by atoms with Gasteiger partial charge < -0.3 is 35.8 Å². The summed E-state index contributed by atoms with van der Waals surface area (Å²) in [5, 5.41) is 43.9. The van der Waals surface area contributed by atoms with E-state index in [9.17, 15) is 24.9 Å². The van der Waals surface area contributed by atoms with Gasteiger partial charge in [0.25, 0.3) is 0 Å². The number of unbranched alkanes of at least 4 members (excludes halogenated alkanes) is 1. The lowest BCUT2D eigenvalue weighted by Gasteiger charge is -2.40. The zero-order chi connectivity index (χ0) is 28.0. The molecule has 214 valence electrons. The summed E-state index contributed by atoms with van der Waals surface area (Å²) >= 11 is 0. The lowest BCUT2D eigenvalue weighted by molar-refractivity contribution is -0.253. The number of aliphatic hydroxyl groups excluding tert-OH is 4. The van der Waals surface area contributed by atoms with Gasteiger partial charge >= 0.3 is 0 Å². The summed E-state index contributed by atoms with van der Waals surface area (Å²) in [6.45, 7) is 1.66. The van der Waals surface area contributed by atoms with E-state index in [2.05, 4.69) is 78.3 Å². The van der Waals surface area contributed by atoms with Crippen molar-refractivity contribution >= 4 is 11.8 Å². The Bertz CT molecular complexity index is 807. The van der Waals surface area contributed by atoms with E-state index >= 15 is 0 Å². The molecule has 6 N–H and O–H groups in total. The molecule has 9 nitrogen and oxygen atoms in total. The number of ether oxygens (including phenoxy) is 1. The monoisotopic (exact) mass is 534 g/mol. The standard InChI is InChI=1S/C29H46N2O7/c1-2-3-4-5-6-7-8-9-10-11-12-13-14-15-16-17-18-19-24(33)30-21-20-25(34)31-26-28(36)27(35)23(22-32)38-29(26)37/h3-4,6-7,9-10,12-13,15-16,23,26-29,32,35-37H,2,5,8,11,14,17-22H2,1H3,(H,30,33)(H,31,34)/b4-3-,7-6-,10-9-,13-12-,16-15-/t23?,26-,27+,28?,29+/m0/s1. The maximum Gasteiger partial charge on any atom is 0.222 e. The molecule has 9 heteroatoms. The Morgan fingerprint density at radius 3 is 1.87 bits per heavy atom. The van der Waals surface area contributed by atoms with Gasteiger partial charge in [-0.2, -0.15) is 0 Å². The zero-order valence-corrected chi connectivity index (χ0v) is 22.5. The molecule has 1 fully saturated rings. The number of allylic oxidation sites excluding steroid dienone is 10. The lowest BCUT2D eigenvalue weighted by Crippen LogP contribution is -2.64. The van der Waals surface area contributed by atoms with Crippen LogP contribution in [-0.2, 0) is 14.3 Å². The van der Waals surface area contributed by atoms with Crippen molar-refractivity contribution in [3.63, 3.8) is 0 Å². The van der Waals surface area contributed by atoms with Crippen molar-refractivity contribution in [2.24, 2.45) is 0 Å². The smallest absolute Gasteiger partial charge is 0.222 e. The van der Waals surface area contributed by atoms with Crippen molar-refractivity contribution in [1.29, 1.82) is 0 Å². The average Bonchev–Trinajstić information content (AvgIpc) is 2.90. The minimum absolute atomic E-state index is 0.0595. The van der Waals surface area contributed by atoms with Gasteiger partial charge in [0.2, 0.25) is 11.8 Å². The van der Waals surface area contributed by atoms with Gasteiger partial charge in [0.15, 0.2) is 6.29 Å². The highest BCUT2D eigenvalue weighted by molar-refractivity contribution is 5.79. The van der Waals surface area contributed by atoms with Crippen LogP contribution in [0.25, 0.3) is 0 Å². The van der Waals surface area contributed by atoms with Crippen molar-refractivity contribution in [3.05, 3.63) is 60.8 Å².